The summed E-state index contributed by atoms with van der Waals surface area (Å²) < 4.78 is 0. The molecule has 0 radical (unpaired) electrons. The standard InChI is InChI=1S/C22H23N3O3/c1-14-10-15(2)12-17(11-14)23-19(26)13-25-20(27)22(24-21(25)28)9-5-7-16-6-3-4-8-18(16)22/h3-4,6,8,10-12H,5,7,9,13H2,1-2H3,(H,23,26)(H,24,28). The van der Waals surface area contributed by atoms with Gasteiger partial charge in [0.1, 0.15) is 12.1 Å². The molecular weight excluding hydrogens is 354 g/mol. The van der Waals surface area contributed by atoms with E-state index in [9.17, 15) is 14.4 Å². The highest BCUT2D eigenvalue weighted by molar-refractivity contribution is 6.10. The highest BCUT2D eigenvalue weighted by Crippen LogP contribution is 2.39. The molecule has 1 unspecified atom stereocenters. The van der Waals surface area contributed by atoms with E-state index in [0.717, 1.165) is 40.0 Å². The van der Waals surface area contributed by atoms with Crippen molar-refractivity contribution in [3.8, 4) is 0 Å². The lowest BCUT2D eigenvalue weighted by atomic mass is 9.76. The van der Waals surface area contributed by atoms with Crippen LogP contribution < -0.4 is 10.6 Å². The van der Waals surface area contributed by atoms with E-state index >= 15 is 0 Å². The summed E-state index contributed by atoms with van der Waals surface area (Å²) in [6.45, 7) is 3.59. The number of carbonyl (C=O) groups excluding carboxylic acids is 3. The number of aryl methyl sites for hydroxylation is 3. The van der Waals surface area contributed by atoms with Gasteiger partial charge in [-0.3, -0.25) is 14.5 Å². The van der Waals surface area contributed by atoms with Crippen LogP contribution in [0.5, 0.6) is 0 Å². The summed E-state index contributed by atoms with van der Waals surface area (Å²) >= 11 is 0. The Morgan fingerprint density at radius 3 is 2.61 bits per heavy atom. The van der Waals surface area contributed by atoms with Gasteiger partial charge in [-0.2, -0.15) is 0 Å². The van der Waals surface area contributed by atoms with Gasteiger partial charge in [-0.15, -0.1) is 0 Å². The maximum atomic E-state index is 13.2. The fourth-order valence-electron chi connectivity index (χ4n) is 4.35. The number of nitrogens with zero attached hydrogens (tertiary/aromatic N) is 1. The molecule has 0 aromatic heterocycles. The third-order valence-corrected chi connectivity index (χ3v) is 5.46. The van der Waals surface area contributed by atoms with Gasteiger partial charge in [0.25, 0.3) is 5.91 Å². The Morgan fingerprint density at radius 2 is 1.86 bits per heavy atom. The lowest BCUT2D eigenvalue weighted by Gasteiger charge is -2.33. The number of hydrogen-bond donors (Lipinski definition) is 2. The average molecular weight is 377 g/mol. The van der Waals surface area contributed by atoms with E-state index in [1.165, 1.54) is 0 Å². The average Bonchev–Trinajstić information content (AvgIpc) is 2.86. The number of benzene rings is 2. The minimum atomic E-state index is -1.05. The Hall–Kier alpha value is -3.15. The van der Waals surface area contributed by atoms with Crippen molar-refractivity contribution in [3.63, 3.8) is 0 Å². The summed E-state index contributed by atoms with van der Waals surface area (Å²) in [5.41, 5.74) is 3.59. The van der Waals surface area contributed by atoms with E-state index in [0.29, 0.717) is 12.1 Å². The van der Waals surface area contributed by atoms with E-state index in [1.807, 2.05) is 56.3 Å². The number of carbonyl (C=O) groups is 3. The molecule has 6 heteroatoms. The van der Waals surface area contributed by atoms with Crippen LogP contribution >= 0.6 is 0 Å². The number of rotatable bonds is 3. The monoisotopic (exact) mass is 377 g/mol. The van der Waals surface area contributed by atoms with Crippen LogP contribution in [0.15, 0.2) is 42.5 Å². The summed E-state index contributed by atoms with van der Waals surface area (Å²) in [7, 11) is 0. The van der Waals surface area contributed by atoms with Crippen molar-refractivity contribution in [2.75, 3.05) is 11.9 Å². The molecule has 0 saturated carbocycles. The Labute approximate surface area is 163 Å². The molecule has 1 atom stereocenters. The van der Waals surface area contributed by atoms with Crippen LogP contribution in [0.3, 0.4) is 0 Å². The van der Waals surface area contributed by atoms with Gasteiger partial charge in [-0.05, 0) is 67.5 Å². The summed E-state index contributed by atoms with van der Waals surface area (Å²) in [5.74, 6) is -0.741. The molecule has 2 aromatic rings. The van der Waals surface area contributed by atoms with E-state index in [-0.39, 0.29) is 12.5 Å². The van der Waals surface area contributed by atoms with Crippen molar-refractivity contribution in [1.29, 1.82) is 0 Å². The molecule has 1 aliphatic heterocycles. The topological polar surface area (TPSA) is 78.5 Å². The van der Waals surface area contributed by atoms with Crippen LogP contribution in [-0.4, -0.2) is 29.3 Å². The van der Waals surface area contributed by atoms with Gasteiger partial charge in [0.2, 0.25) is 5.91 Å². The molecule has 2 N–H and O–H groups in total. The highest BCUT2D eigenvalue weighted by Gasteiger charge is 2.54. The van der Waals surface area contributed by atoms with E-state index < -0.39 is 17.5 Å². The van der Waals surface area contributed by atoms with Gasteiger partial charge in [-0.25, -0.2) is 4.79 Å². The molecule has 4 rings (SSSR count). The maximum Gasteiger partial charge on any atom is 0.325 e. The van der Waals surface area contributed by atoms with E-state index in [1.54, 1.807) is 0 Å². The number of fused-ring (bicyclic) bond motifs is 2. The molecule has 2 aromatic carbocycles. The summed E-state index contributed by atoms with van der Waals surface area (Å²) in [4.78, 5) is 39.3. The minimum absolute atomic E-state index is 0.304. The van der Waals surface area contributed by atoms with Crippen LogP contribution in [-0.2, 0) is 21.5 Å². The van der Waals surface area contributed by atoms with Crippen LogP contribution in [0.1, 0.15) is 35.1 Å². The number of urea groups is 1. The van der Waals surface area contributed by atoms with Crippen LogP contribution in [0.4, 0.5) is 10.5 Å². The summed E-state index contributed by atoms with van der Waals surface area (Å²) in [6.07, 6.45) is 2.24. The molecule has 1 saturated heterocycles. The first-order valence-corrected chi connectivity index (χ1v) is 9.50. The molecule has 1 aliphatic carbocycles. The molecule has 6 nitrogen and oxygen atoms in total. The minimum Gasteiger partial charge on any atom is -0.325 e. The predicted octanol–water partition coefficient (Wildman–Crippen LogP) is 3.03. The maximum absolute atomic E-state index is 13.2. The first kappa shape index (κ1) is 18.2. The van der Waals surface area contributed by atoms with Crippen molar-refractivity contribution in [1.82, 2.24) is 10.2 Å². The number of amides is 4. The number of anilines is 1. The second-order valence-electron chi connectivity index (χ2n) is 7.66. The quantitative estimate of drug-likeness (QED) is 0.807. The third kappa shape index (κ3) is 3.05. The van der Waals surface area contributed by atoms with E-state index in [4.69, 9.17) is 0 Å². The largest absolute Gasteiger partial charge is 0.325 e. The lowest BCUT2D eigenvalue weighted by Crippen LogP contribution is -2.47. The molecular formula is C22H23N3O3. The van der Waals surface area contributed by atoms with E-state index in [2.05, 4.69) is 10.6 Å². The normalized spacial score (nSPS) is 20.9. The molecule has 144 valence electrons. The molecule has 1 spiro atoms. The lowest BCUT2D eigenvalue weighted by molar-refractivity contribution is -0.134. The van der Waals surface area contributed by atoms with Gasteiger partial charge in [-0.1, -0.05) is 30.3 Å². The molecule has 2 aliphatic rings. The summed E-state index contributed by atoms with van der Waals surface area (Å²) in [6, 6.07) is 12.9. The number of nitrogens with one attached hydrogen (secondary N) is 2. The zero-order valence-corrected chi connectivity index (χ0v) is 16.0. The fourth-order valence-corrected chi connectivity index (χ4v) is 4.35. The molecule has 28 heavy (non-hydrogen) atoms. The van der Waals surface area contributed by atoms with Gasteiger partial charge in [0, 0.05) is 5.69 Å². The zero-order chi connectivity index (χ0) is 19.9. The Balaban J connectivity index is 1.55. The van der Waals surface area contributed by atoms with Crippen LogP contribution in [0.2, 0.25) is 0 Å². The molecule has 1 fully saturated rings. The summed E-state index contributed by atoms with van der Waals surface area (Å²) in [5, 5.41) is 5.66. The highest BCUT2D eigenvalue weighted by atomic mass is 16.2. The second-order valence-corrected chi connectivity index (χ2v) is 7.66. The Kier molecular flexibility index (Phi) is 4.41. The molecule has 0 bridgehead atoms. The fraction of sp³-hybridized carbons (Fsp3) is 0.318. The van der Waals surface area contributed by atoms with Crippen LogP contribution in [0, 0.1) is 13.8 Å². The third-order valence-electron chi connectivity index (χ3n) is 5.46. The van der Waals surface area contributed by atoms with Crippen molar-refractivity contribution < 1.29 is 14.4 Å². The van der Waals surface area contributed by atoms with Gasteiger partial charge < -0.3 is 10.6 Å². The van der Waals surface area contributed by atoms with Crippen molar-refractivity contribution in [2.24, 2.45) is 0 Å². The SMILES string of the molecule is Cc1cc(C)cc(NC(=O)CN2C(=O)NC3(CCCc4ccccc43)C2=O)c1. The zero-order valence-electron chi connectivity index (χ0n) is 16.0. The smallest absolute Gasteiger partial charge is 0.325 e. The van der Waals surface area contributed by atoms with Crippen molar-refractivity contribution >= 4 is 23.5 Å². The Morgan fingerprint density at radius 1 is 1.14 bits per heavy atom. The van der Waals surface area contributed by atoms with Crippen molar-refractivity contribution in [3.05, 3.63) is 64.7 Å². The second kappa shape index (κ2) is 6.78. The first-order chi connectivity index (χ1) is 13.4. The molecule has 4 amide bonds. The number of imide groups is 1. The Bertz CT molecular complexity index is 964. The molecule has 1 heterocycles. The van der Waals surface area contributed by atoms with Gasteiger partial charge in [0.05, 0.1) is 0 Å². The first-order valence-electron chi connectivity index (χ1n) is 9.50. The van der Waals surface area contributed by atoms with Gasteiger partial charge >= 0.3 is 6.03 Å². The van der Waals surface area contributed by atoms with Crippen LogP contribution in [0.25, 0.3) is 0 Å². The van der Waals surface area contributed by atoms with Gasteiger partial charge in [0.15, 0.2) is 0 Å². The number of hydrogen-bond acceptors (Lipinski definition) is 3. The van der Waals surface area contributed by atoms with Crippen molar-refractivity contribution in [2.45, 2.75) is 38.6 Å². The predicted molar refractivity (Wildman–Crippen MR) is 106 cm³/mol.